The molecule has 11 heavy (non-hydrogen) atoms. The van der Waals surface area contributed by atoms with Gasteiger partial charge < -0.3 is 6.92 Å². The molecule has 0 saturated heterocycles. The summed E-state index contributed by atoms with van der Waals surface area (Å²) in [6.45, 7) is 9.15. The fourth-order valence-electron chi connectivity index (χ4n) is 0.747. The van der Waals surface area contributed by atoms with Crippen LogP contribution in [0.2, 0.25) is 0 Å². The van der Waals surface area contributed by atoms with Gasteiger partial charge >= 0.3 is 19.5 Å². The molecule has 0 unspecified atom stereocenters. The van der Waals surface area contributed by atoms with Crippen molar-refractivity contribution in [2.45, 2.75) is 20.8 Å². The Hall–Kier alpha value is -0.157. The second-order valence-electron chi connectivity index (χ2n) is 2.09. The SMILES string of the molecule is Cc1c[c-]cc(C)c1.[CH2-]C.[Zn+2]. The van der Waals surface area contributed by atoms with Crippen molar-refractivity contribution in [3.8, 4) is 0 Å². The summed E-state index contributed by atoms with van der Waals surface area (Å²) < 4.78 is 0. The van der Waals surface area contributed by atoms with Crippen molar-refractivity contribution >= 4 is 0 Å². The van der Waals surface area contributed by atoms with Crippen molar-refractivity contribution < 1.29 is 19.5 Å². The third-order valence-electron chi connectivity index (χ3n) is 1.08. The van der Waals surface area contributed by atoms with Crippen molar-refractivity contribution in [3.63, 3.8) is 0 Å². The summed E-state index contributed by atoms with van der Waals surface area (Å²) in [5.74, 6) is 0. The Bertz CT molecular complexity index is 165. The van der Waals surface area contributed by atoms with Gasteiger partial charge in [-0.25, -0.2) is 0 Å². The maximum Gasteiger partial charge on any atom is 2.00 e. The van der Waals surface area contributed by atoms with Gasteiger partial charge in [0.15, 0.2) is 0 Å². The van der Waals surface area contributed by atoms with Crippen molar-refractivity contribution in [2.75, 3.05) is 0 Å². The summed E-state index contributed by atoms with van der Waals surface area (Å²) in [5, 5.41) is 0. The van der Waals surface area contributed by atoms with E-state index in [0.717, 1.165) is 0 Å². The smallest absolute Gasteiger partial charge is 0.346 e. The van der Waals surface area contributed by atoms with Gasteiger partial charge in [-0.3, -0.25) is 0 Å². The van der Waals surface area contributed by atoms with Crippen LogP contribution in [0.15, 0.2) is 18.2 Å². The first kappa shape index (κ1) is 13.4. The van der Waals surface area contributed by atoms with Gasteiger partial charge in [0.2, 0.25) is 0 Å². The number of hydrogen-bond donors (Lipinski definition) is 0. The molecule has 0 bridgehead atoms. The molecule has 1 aromatic carbocycles. The molecule has 0 N–H and O–H groups in total. The van der Waals surface area contributed by atoms with Crippen LogP contribution in [0.5, 0.6) is 0 Å². The van der Waals surface area contributed by atoms with Gasteiger partial charge in [0, 0.05) is 0 Å². The molecule has 0 nitrogen and oxygen atoms in total. The summed E-state index contributed by atoms with van der Waals surface area (Å²) in [6.07, 6.45) is 0. The fraction of sp³-hybridized carbons (Fsp3) is 0.300. The van der Waals surface area contributed by atoms with Gasteiger partial charge in [-0.05, 0) is 0 Å². The van der Waals surface area contributed by atoms with Crippen LogP contribution in [-0.4, -0.2) is 0 Å². The second kappa shape index (κ2) is 7.94. The standard InChI is InChI=1S/C8H9.C2H5.Zn/c1-7-4-3-5-8(2)6-7;1-2;/h4-6H,1-2H3;1H2,2H3;/q2*-1;+2. The van der Waals surface area contributed by atoms with Crippen LogP contribution in [0.3, 0.4) is 0 Å². The molecule has 0 saturated carbocycles. The molecule has 0 heterocycles. The van der Waals surface area contributed by atoms with Crippen LogP contribution in [-0.2, 0) is 19.5 Å². The zero-order valence-electron chi connectivity index (χ0n) is 7.65. The van der Waals surface area contributed by atoms with E-state index in [4.69, 9.17) is 0 Å². The Morgan fingerprint density at radius 1 is 1.09 bits per heavy atom. The number of aryl methyl sites for hydroxylation is 2. The minimum absolute atomic E-state index is 0. The molecule has 0 aromatic heterocycles. The molecule has 1 aromatic rings. The van der Waals surface area contributed by atoms with Gasteiger partial charge in [-0.1, -0.05) is 13.8 Å². The summed E-state index contributed by atoms with van der Waals surface area (Å²) in [5.41, 5.74) is 2.56. The average molecular weight is 200 g/mol. The molecule has 1 heteroatoms. The monoisotopic (exact) mass is 198 g/mol. The molecular formula is C10H14Zn. The summed E-state index contributed by atoms with van der Waals surface area (Å²) in [6, 6.07) is 9.12. The molecule has 0 aliphatic rings. The van der Waals surface area contributed by atoms with E-state index >= 15 is 0 Å². The van der Waals surface area contributed by atoms with E-state index in [1.807, 2.05) is 12.1 Å². The Balaban J connectivity index is 0. The van der Waals surface area contributed by atoms with E-state index < -0.39 is 0 Å². The van der Waals surface area contributed by atoms with Gasteiger partial charge in [0.1, 0.15) is 0 Å². The van der Waals surface area contributed by atoms with Crippen molar-refractivity contribution in [3.05, 3.63) is 42.3 Å². The Morgan fingerprint density at radius 3 is 1.64 bits per heavy atom. The zero-order valence-corrected chi connectivity index (χ0v) is 10.6. The predicted octanol–water partition coefficient (Wildman–Crippen LogP) is 2.94. The quantitative estimate of drug-likeness (QED) is 0.445. The van der Waals surface area contributed by atoms with E-state index in [1.165, 1.54) is 11.1 Å². The van der Waals surface area contributed by atoms with Crippen LogP contribution in [0.1, 0.15) is 18.1 Å². The largest absolute Gasteiger partial charge is 2.00 e. The van der Waals surface area contributed by atoms with Crippen molar-refractivity contribution in [2.24, 2.45) is 0 Å². The Labute approximate surface area is 82.8 Å². The first-order chi connectivity index (χ1) is 4.79. The molecule has 0 spiro atoms. The van der Waals surface area contributed by atoms with Crippen LogP contribution in [0.25, 0.3) is 0 Å². The molecule has 0 amide bonds. The van der Waals surface area contributed by atoms with E-state index in [-0.39, 0.29) is 19.5 Å². The molecule has 56 valence electrons. The topological polar surface area (TPSA) is 0 Å². The zero-order chi connectivity index (χ0) is 7.98. The molecular weight excluding hydrogens is 185 g/mol. The van der Waals surface area contributed by atoms with E-state index in [2.05, 4.69) is 32.9 Å². The summed E-state index contributed by atoms with van der Waals surface area (Å²) in [4.78, 5) is 0. The van der Waals surface area contributed by atoms with E-state index in [1.54, 1.807) is 6.92 Å². The maximum atomic E-state index is 3.25. The third kappa shape index (κ3) is 6.25. The molecule has 0 aliphatic carbocycles. The third-order valence-corrected chi connectivity index (χ3v) is 1.08. The molecule has 0 radical (unpaired) electrons. The molecule has 0 atom stereocenters. The van der Waals surface area contributed by atoms with Crippen LogP contribution >= 0.6 is 0 Å². The van der Waals surface area contributed by atoms with Gasteiger partial charge in [0.05, 0.1) is 0 Å². The Morgan fingerprint density at radius 2 is 1.45 bits per heavy atom. The first-order valence-corrected chi connectivity index (χ1v) is 3.44. The van der Waals surface area contributed by atoms with E-state index in [9.17, 15) is 0 Å². The number of rotatable bonds is 0. The van der Waals surface area contributed by atoms with Crippen LogP contribution in [0, 0.1) is 26.8 Å². The number of hydrogen-bond acceptors (Lipinski definition) is 0. The summed E-state index contributed by atoms with van der Waals surface area (Å²) in [7, 11) is 0. The van der Waals surface area contributed by atoms with Crippen LogP contribution < -0.4 is 0 Å². The average Bonchev–Trinajstić information content (AvgIpc) is 1.91. The van der Waals surface area contributed by atoms with Gasteiger partial charge in [0.25, 0.3) is 0 Å². The summed E-state index contributed by atoms with van der Waals surface area (Å²) >= 11 is 0. The number of benzene rings is 1. The Kier molecular flexibility index (Phi) is 9.70. The molecule has 1 rings (SSSR count). The van der Waals surface area contributed by atoms with Gasteiger partial charge in [-0.2, -0.15) is 42.3 Å². The maximum absolute atomic E-state index is 3.25. The fourth-order valence-corrected chi connectivity index (χ4v) is 0.747. The normalized spacial score (nSPS) is 7.27. The van der Waals surface area contributed by atoms with E-state index in [0.29, 0.717) is 0 Å². The predicted molar refractivity (Wildman–Crippen MR) is 45.8 cm³/mol. The molecule has 0 fully saturated rings. The van der Waals surface area contributed by atoms with Gasteiger partial charge in [-0.15, -0.1) is 0 Å². The minimum atomic E-state index is 0. The first-order valence-electron chi connectivity index (χ1n) is 3.44. The van der Waals surface area contributed by atoms with Crippen molar-refractivity contribution in [1.82, 2.24) is 0 Å². The van der Waals surface area contributed by atoms with Crippen LogP contribution in [0.4, 0.5) is 0 Å². The minimum Gasteiger partial charge on any atom is -0.346 e. The second-order valence-corrected chi connectivity index (χ2v) is 2.09. The van der Waals surface area contributed by atoms with Crippen molar-refractivity contribution in [1.29, 1.82) is 0 Å². The molecule has 0 aliphatic heterocycles.